The fraction of sp³-hybridized carbons (Fsp3) is 0.208. The zero-order valence-electron chi connectivity index (χ0n) is 16.6. The molecule has 0 saturated heterocycles. The van der Waals surface area contributed by atoms with Crippen molar-refractivity contribution in [3.8, 4) is 11.1 Å². The van der Waals surface area contributed by atoms with E-state index in [0.717, 1.165) is 27.8 Å². The standard InChI is InChI=1S/C24H21ClN2O4/c25-16-11-15(12-26-13-16)9-10-22(23(28)29)27-24(30)31-14-21-19-7-3-1-5-17(19)18-6-2-4-8-20(18)21/h1-8,11-13,21-22H,9-10,14H2,(H,27,30)(H,28,29). The highest BCUT2D eigenvalue weighted by atomic mass is 35.5. The van der Waals surface area contributed by atoms with Gasteiger partial charge in [-0.05, 0) is 46.7 Å². The first-order chi connectivity index (χ1) is 15.0. The minimum Gasteiger partial charge on any atom is -0.480 e. The van der Waals surface area contributed by atoms with Crippen LogP contribution in [0.1, 0.15) is 29.0 Å². The Kier molecular flexibility index (Phi) is 6.18. The van der Waals surface area contributed by atoms with Crippen LogP contribution in [0.25, 0.3) is 11.1 Å². The first kappa shape index (κ1) is 20.9. The zero-order valence-corrected chi connectivity index (χ0v) is 17.4. The molecular formula is C24H21ClN2O4. The molecule has 0 bridgehead atoms. The number of ether oxygens (including phenoxy) is 1. The Bertz CT molecular complexity index is 1070. The molecule has 1 aliphatic carbocycles. The van der Waals surface area contributed by atoms with E-state index in [4.69, 9.17) is 16.3 Å². The highest BCUT2D eigenvalue weighted by Crippen LogP contribution is 2.44. The predicted molar refractivity (Wildman–Crippen MR) is 117 cm³/mol. The molecule has 4 rings (SSSR count). The van der Waals surface area contributed by atoms with E-state index >= 15 is 0 Å². The van der Waals surface area contributed by atoms with Gasteiger partial charge in [0.25, 0.3) is 0 Å². The van der Waals surface area contributed by atoms with E-state index in [1.807, 2.05) is 36.4 Å². The van der Waals surface area contributed by atoms with E-state index < -0.39 is 18.1 Å². The first-order valence-electron chi connectivity index (χ1n) is 9.96. The summed E-state index contributed by atoms with van der Waals surface area (Å²) in [5.74, 6) is -1.21. The molecule has 6 nitrogen and oxygen atoms in total. The van der Waals surface area contributed by atoms with Gasteiger partial charge in [-0.1, -0.05) is 60.1 Å². The van der Waals surface area contributed by atoms with Gasteiger partial charge < -0.3 is 15.2 Å². The number of carbonyl (C=O) groups is 2. The van der Waals surface area contributed by atoms with E-state index in [0.29, 0.717) is 11.4 Å². The maximum absolute atomic E-state index is 12.4. The molecule has 0 radical (unpaired) electrons. The number of fused-ring (bicyclic) bond motifs is 3. The lowest BCUT2D eigenvalue weighted by molar-refractivity contribution is -0.139. The lowest BCUT2D eigenvalue weighted by Crippen LogP contribution is -2.41. The number of carbonyl (C=O) groups excluding carboxylic acids is 1. The molecular weight excluding hydrogens is 416 g/mol. The molecule has 2 N–H and O–H groups in total. The number of nitrogens with one attached hydrogen (secondary N) is 1. The monoisotopic (exact) mass is 436 g/mol. The number of benzene rings is 2. The number of halogens is 1. The van der Waals surface area contributed by atoms with Crippen molar-refractivity contribution < 1.29 is 19.4 Å². The van der Waals surface area contributed by atoms with Crippen LogP contribution in [0.2, 0.25) is 5.02 Å². The Morgan fingerprint density at radius 3 is 2.32 bits per heavy atom. The fourth-order valence-electron chi connectivity index (χ4n) is 3.94. The second-order valence-electron chi connectivity index (χ2n) is 7.41. The third-order valence-electron chi connectivity index (χ3n) is 5.42. The molecule has 158 valence electrons. The summed E-state index contributed by atoms with van der Waals surface area (Å²) in [5.41, 5.74) is 5.25. The molecule has 0 aliphatic heterocycles. The SMILES string of the molecule is O=C(NC(CCc1cncc(Cl)c1)C(=O)O)OCC1c2ccccc2-c2ccccc21. The fourth-order valence-corrected chi connectivity index (χ4v) is 4.14. The first-order valence-corrected chi connectivity index (χ1v) is 10.3. The van der Waals surface area contributed by atoms with Crippen LogP contribution in [-0.4, -0.2) is 34.8 Å². The van der Waals surface area contributed by atoms with Crippen LogP contribution >= 0.6 is 11.6 Å². The number of nitrogens with zero attached hydrogens (tertiary/aromatic N) is 1. The number of pyridine rings is 1. The van der Waals surface area contributed by atoms with Crippen LogP contribution in [0, 0.1) is 0 Å². The summed E-state index contributed by atoms with van der Waals surface area (Å²) in [6.45, 7) is 0.129. The summed E-state index contributed by atoms with van der Waals surface area (Å²) in [4.78, 5) is 28.0. The van der Waals surface area contributed by atoms with Crippen LogP contribution in [-0.2, 0) is 16.0 Å². The molecule has 1 aliphatic rings. The van der Waals surface area contributed by atoms with Gasteiger partial charge in [-0.25, -0.2) is 9.59 Å². The second-order valence-corrected chi connectivity index (χ2v) is 7.85. The van der Waals surface area contributed by atoms with Gasteiger partial charge in [0.1, 0.15) is 12.6 Å². The average Bonchev–Trinajstić information content (AvgIpc) is 3.09. The van der Waals surface area contributed by atoms with Crippen molar-refractivity contribution in [3.63, 3.8) is 0 Å². The summed E-state index contributed by atoms with van der Waals surface area (Å²) in [6, 6.07) is 16.7. The molecule has 0 fully saturated rings. The lowest BCUT2D eigenvalue weighted by Gasteiger charge is -2.17. The molecule has 1 unspecified atom stereocenters. The normalized spacial score (nSPS) is 13.2. The highest BCUT2D eigenvalue weighted by molar-refractivity contribution is 6.30. The van der Waals surface area contributed by atoms with Gasteiger partial charge in [0.05, 0.1) is 5.02 Å². The number of aryl methyl sites for hydroxylation is 1. The highest BCUT2D eigenvalue weighted by Gasteiger charge is 2.29. The van der Waals surface area contributed by atoms with E-state index in [-0.39, 0.29) is 18.9 Å². The maximum Gasteiger partial charge on any atom is 0.407 e. The van der Waals surface area contributed by atoms with Gasteiger partial charge in [0, 0.05) is 18.3 Å². The van der Waals surface area contributed by atoms with Crippen molar-refractivity contribution in [1.82, 2.24) is 10.3 Å². The minimum absolute atomic E-state index is 0.0843. The number of amides is 1. The molecule has 3 aromatic rings. The molecule has 1 aromatic heterocycles. The van der Waals surface area contributed by atoms with Crippen molar-refractivity contribution in [2.24, 2.45) is 0 Å². The smallest absolute Gasteiger partial charge is 0.407 e. The van der Waals surface area contributed by atoms with Gasteiger partial charge >= 0.3 is 12.1 Å². The number of carboxylic acid groups (broad SMARTS) is 1. The third-order valence-corrected chi connectivity index (χ3v) is 5.62. The van der Waals surface area contributed by atoms with Crippen molar-refractivity contribution in [2.45, 2.75) is 24.8 Å². The van der Waals surface area contributed by atoms with E-state index in [1.54, 1.807) is 12.3 Å². The Morgan fingerprint density at radius 2 is 1.71 bits per heavy atom. The number of aliphatic carboxylic acids is 1. The van der Waals surface area contributed by atoms with Gasteiger partial charge in [-0.2, -0.15) is 0 Å². The number of carboxylic acids is 1. The molecule has 0 spiro atoms. The van der Waals surface area contributed by atoms with Gasteiger partial charge in [-0.15, -0.1) is 0 Å². The predicted octanol–water partition coefficient (Wildman–Crippen LogP) is 4.66. The van der Waals surface area contributed by atoms with Crippen LogP contribution in [0.4, 0.5) is 4.79 Å². The average molecular weight is 437 g/mol. The molecule has 1 heterocycles. The lowest BCUT2D eigenvalue weighted by atomic mass is 9.98. The summed E-state index contributed by atoms with van der Waals surface area (Å²) < 4.78 is 5.44. The van der Waals surface area contributed by atoms with Crippen LogP contribution in [0.5, 0.6) is 0 Å². The van der Waals surface area contributed by atoms with Gasteiger partial charge in [-0.3, -0.25) is 4.98 Å². The summed E-state index contributed by atoms with van der Waals surface area (Å²) in [6.07, 6.45) is 2.99. The maximum atomic E-state index is 12.4. The van der Waals surface area contributed by atoms with Gasteiger partial charge in [0.15, 0.2) is 0 Å². The molecule has 0 saturated carbocycles. The van der Waals surface area contributed by atoms with Crippen LogP contribution < -0.4 is 5.32 Å². The number of aromatic nitrogens is 1. The Labute approximate surface area is 184 Å². The molecule has 31 heavy (non-hydrogen) atoms. The number of alkyl carbamates (subject to hydrolysis) is 1. The number of rotatable bonds is 7. The molecule has 2 aromatic carbocycles. The second kappa shape index (κ2) is 9.18. The number of hydrogen-bond donors (Lipinski definition) is 2. The van der Waals surface area contributed by atoms with Crippen LogP contribution in [0.15, 0.2) is 67.0 Å². The van der Waals surface area contributed by atoms with Crippen molar-refractivity contribution in [1.29, 1.82) is 0 Å². The topological polar surface area (TPSA) is 88.5 Å². The summed E-state index contributed by atoms with van der Waals surface area (Å²) >= 11 is 5.91. The third kappa shape index (κ3) is 4.70. The van der Waals surface area contributed by atoms with Crippen molar-refractivity contribution >= 4 is 23.7 Å². The molecule has 7 heteroatoms. The molecule has 1 amide bonds. The van der Waals surface area contributed by atoms with Gasteiger partial charge in [0.2, 0.25) is 0 Å². The van der Waals surface area contributed by atoms with E-state index in [2.05, 4.69) is 22.4 Å². The minimum atomic E-state index is -1.12. The van der Waals surface area contributed by atoms with E-state index in [1.165, 1.54) is 6.20 Å². The Balaban J connectivity index is 1.38. The summed E-state index contributed by atoms with van der Waals surface area (Å²) in [5, 5.41) is 12.4. The zero-order chi connectivity index (χ0) is 21.8. The van der Waals surface area contributed by atoms with Crippen molar-refractivity contribution in [3.05, 3.63) is 88.7 Å². The Morgan fingerprint density at radius 1 is 1.06 bits per heavy atom. The Hall–Kier alpha value is -3.38. The van der Waals surface area contributed by atoms with E-state index in [9.17, 15) is 14.7 Å². The molecule has 1 atom stereocenters. The largest absolute Gasteiger partial charge is 0.480 e. The number of hydrogen-bond acceptors (Lipinski definition) is 4. The summed E-state index contributed by atoms with van der Waals surface area (Å²) in [7, 11) is 0. The van der Waals surface area contributed by atoms with Crippen LogP contribution in [0.3, 0.4) is 0 Å². The van der Waals surface area contributed by atoms with Crippen molar-refractivity contribution in [2.75, 3.05) is 6.61 Å². The quantitative estimate of drug-likeness (QED) is 0.562.